The molecule has 0 spiro atoms. The van der Waals surface area contributed by atoms with Gasteiger partial charge in [0.25, 0.3) is 0 Å². The van der Waals surface area contributed by atoms with Crippen LogP contribution in [-0.4, -0.2) is 20.5 Å². The van der Waals surface area contributed by atoms with Gasteiger partial charge in [-0.3, -0.25) is 0 Å². The van der Waals surface area contributed by atoms with Crippen LogP contribution in [0, 0.1) is 11.3 Å². The van der Waals surface area contributed by atoms with Crippen molar-refractivity contribution in [1.29, 1.82) is 5.26 Å². The molecule has 0 unspecified atom stereocenters. The minimum absolute atomic E-state index is 0.0581. The zero-order valence-electron chi connectivity index (χ0n) is 11.5. The van der Waals surface area contributed by atoms with Crippen LogP contribution in [0.3, 0.4) is 0 Å². The predicted molar refractivity (Wildman–Crippen MR) is 78.9 cm³/mol. The standard InChI is InChI=1S/C13H18ClN3O2S/c1-3-13(16,4-2)9-17-20(18,19)12-7-5-6-11(14)10(12)8-15/h5-7,17H,3-4,9,16H2,1-2H3. The third kappa shape index (κ3) is 3.70. The van der Waals surface area contributed by atoms with E-state index in [4.69, 9.17) is 22.6 Å². The normalized spacial score (nSPS) is 12.2. The molecule has 7 heteroatoms. The van der Waals surface area contributed by atoms with Crippen molar-refractivity contribution in [3.8, 4) is 6.07 Å². The first-order valence-corrected chi connectivity index (χ1v) is 8.13. The van der Waals surface area contributed by atoms with Crippen LogP contribution in [0.5, 0.6) is 0 Å². The van der Waals surface area contributed by atoms with Crippen molar-refractivity contribution in [2.75, 3.05) is 6.54 Å². The third-order valence-electron chi connectivity index (χ3n) is 3.40. The van der Waals surface area contributed by atoms with E-state index >= 15 is 0 Å². The molecule has 0 amide bonds. The van der Waals surface area contributed by atoms with Gasteiger partial charge in [0.1, 0.15) is 11.0 Å². The molecule has 0 saturated heterocycles. The van der Waals surface area contributed by atoms with Gasteiger partial charge in [0, 0.05) is 12.1 Å². The first kappa shape index (κ1) is 16.9. The molecule has 0 atom stereocenters. The maximum Gasteiger partial charge on any atom is 0.242 e. The van der Waals surface area contributed by atoms with E-state index < -0.39 is 15.6 Å². The second kappa shape index (κ2) is 6.55. The van der Waals surface area contributed by atoms with E-state index in [0.717, 1.165) is 0 Å². The lowest BCUT2D eigenvalue weighted by Gasteiger charge is -2.26. The first-order valence-electron chi connectivity index (χ1n) is 6.27. The average Bonchev–Trinajstić information content (AvgIpc) is 2.44. The highest BCUT2D eigenvalue weighted by molar-refractivity contribution is 7.89. The summed E-state index contributed by atoms with van der Waals surface area (Å²) < 4.78 is 27.0. The topological polar surface area (TPSA) is 96.0 Å². The summed E-state index contributed by atoms with van der Waals surface area (Å²) in [4.78, 5) is -0.123. The van der Waals surface area contributed by atoms with Gasteiger partial charge in [0.2, 0.25) is 10.0 Å². The minimum Gasteiger partial charge on any atom is -0.324 e. The summed E-state index contributed by atoms with van der Waals surface area (Å²) in [5, 5.41) is 9.14. The number of benzene rings is 1. The lowest BCUT2D eigenvalue weighted by molar-refractivity contribution is 0.391. The maximum atomic E-state index is 12.3. The highest BCUT2D eigenvalue weighted by Crippen LogP contribution is 2.23. The van der Waals surface area contributed by atoms with Crippen LogP contribution in [0.4, 0.5) is 0 Å². The van der Waals surface area contributed by atoms with Crippen molar-refractivity contribution in [1.82, 2.24) is 4.72 Å². The van der Waals surface area contributed by atoms with E-state index in [1.165, 1.54) is 18.2 Å². The van der Waals surface area contributed by atoms with Gasteiger partial charge in [0.05, 0.1) is 10.6 Å². The van der Waals surface area contributed by atoms with Crippen LogP contribution in [-0.2, 0) is 10.0 Å². The van der Waals surface area contributed by atoms with Crippen molar-refractivity contribution in [2.45, 2.75) is 37.1 Å². The largest absolute Gasteiger partial charge is 0.324 e. The number of nitrogens with one attached hydrogen (secondary N) is 1. The molecule has 0 heterocycles. The molecule has 0 aromatic heterocycles. The van der Waals surface area contributed by atoms with Crippen LogP contribution in [0.15, 0.2) is 23.1 Å². The second-order valence-electron chi connectivity index (χ2n) is 4.62. The predicted octanol–water partition coefficient (Wildman–Crippen LogP) is 2.01. The Kier molecular flexibility index (Phi) is 5.54. The van der Waals surface area contributed by atoms with Gasteiger partial charge in [-0.15, -0.1) is 0 Å². The fraction of sp³-hybridized carbons (Fsp3) is 0.462. The van der Waals surface area contributed by atoms with E-state index in [1.807, 2.05) is 19.9 Å². The summed E-state index contributed by atoms with van der Waals surface area (Å²) in [5.74, 6) is 0. The molecular formula is C13H18ClN3O2S. The lowest BCUT2D eigenvalue weighted by Crippen LogP contribution is -2.49. The number of nitrogens with zero attached hydrogens (tertiary/aromatic N) is 1. The average molecular weight is 316 g/mol. The Morgan fingerprint density at radius 2 is 2.00 bits per heavy atom. The van der Waals surface area contributed by atoms with Gasteiger partial charge in [-0.1, -0.05) is 31.5 Å². The molecule has 0 bridgehead atoms. The van der Waals surface area contributed by atoms with E-state index in [9.17, 15) is 8.42 Å². The van der Waals surface area contributed by atoms with Gasteiger partial charge >= 0.3 is 0 Å². The smallest absolute Gasteiger partial charge is 0.242 e. The summed E-state index contributed by atoms with van der Waals surface area (Å²) in [5.41, 5.74) is 5.41. The van der Waals surface area contributed by atoms with E-state index in [0.29, 0.717) is 12.8 Å². The Hall–Kier alpha value is -1.13. The number of nitrogens with two attached hydrogens (primary N) is 1. The Morgan fingerprint density at radius 3 is 2.50 bits per heavy atom. The van der Waals surface area contributed by atoms with E-state index in [2.05, 4.69) is 4.72 Å². The third-order valence-corrected chi connectivity index (χ3v) is 5.16. The molecule has 3 N–H and O–H groups in total. The zero-order valence-corrected chi connectivity index (χ0v) is 13.1. The quantitative estimate of drug-likeness (QED) is 0.839. The van der Waals surface area contributed by atoms with Gasteiger partial charge in [-0.05, 0) is 25.0 Å². The number of hydrogen-bond donors (Lipinski definition) is 2. The maximum absolute atomic E-state index is 12.3. The van der Waals surface area contributed by atoms with E-state index in [1.54, 1.807) is 0 Å². The molecule has 0 aliphatic rings. The highest BCUT2D eigenvalue weighted by Gasteiger charge is 2.26. The summed E-state index contributed by atoms with van der Waals surface area (Å²) >= 11 is 5.84. The highest BCUT2D eigenvalue weighted by atomic mass is 35.5. The summed E-state index contributed by atoms with van der Waals surface area (Å²) in [7, 11) is -3.82. The van der Waals surface area contributed by atoms with Crippen molar-refractivity contribution in [3.05, 3.63) is 28.8 Å². The molecule has 0 aliphatic carbocycles. The minimum atomic E-state index is -3.82. The molecule has 0 fully saturated rings. The van der Waals surface area contributed by atoms with Crippen LogP contribution in [0.2, 0.25) is 5.02 Å². The fourth-order valence-electron chi connectivity index (χ4n) is 1.65. The molecule has 1 aromatic carbocycles. The SMILES string of the molecule is CCC(N)(CC)CNS(=O)(=O)c1cccc(Cl)c1C#N. The van der Waals surface area contributed by atoms with E-state index in [-0.39, 0.29) is 22.0 Å². The van der Waals surface area contributed by atoms with Crippen molar-refractivity contribution < 1.29 is 8.42 Å². The number of rotatable bonds is 6. The molecule has 20 heavy (non-hydrogen) atoms. The molecule has 0 radical (unpaired) electrons. The Balaban J connectivity index is 3.08. The summed E-state index contributed by atoms with van der Waals surface area (Å²) in [6, 6.07) is 6.13. The van der Waals surface area contributed by atoms with Gasteiger partial charge in [0.15, 0.2) is 0 Å². The van der Waals surface area contributed by atoms with Crippen LogP contribution >= 0.6 is 11.6 Å². The zero-order chi connectivity index (χ0) is 15.4. The van der Waals surface area contributed by atoms with Gasteiger partial charge < -0.3 is 5.73 Å². The number of halogens is 1. The second-order valence-corrected chi connectivity index (χ2v) is 6.76. The fourth-order valence-corrected chi connectivity index (χ4v) is 3.24. The van der Waals surface area contributed by atoms with Crippen molar-refractivity contribution in [3.63, 3.8) is 0 Å². The van der Waals surface area contributed by atoms with Crippen LogP contribution in [0.25, 0.3) is 0 Å². The van der Waals surface area contributed by atoms with Gasteiger partial charge in [-0.2, -0.15) is 5.26 Å². The lowest BCUT2D eigenvalue weighted by atomic mass is 9.95. The van der Waals surface area contributed by atoms with Crippen LogP contribution in [0.1, 0.15) is 32.3 Å². The summed E-state index contributed by atoms with van der Waals surface area (Å²) in [6.45, 7) is 3.91. The number of hydrogen-bond acceptors (Lipinski definition) is 4. The number of sulfonamides is 1. The molecule has 110 valence electrons. The Bertz CT molecular complexity index is 619. The molecule has 1 aromatic rings. The molecule has 5 nitrogen and oxygen atoms in total. The number of nitriles is 1. The first-order chi connectivity index (χ1) is 9.29. The van der Waals surface area contributed by atoms with Crippen LogP contribution < -0.4 is 10.5 Å². The van der Waals surface area contributed by atoms with Crippen molar-refractivity contribution >= 4 is 21.6 Å². The summed E-state index contributed by atoms with van der Waals surface area (Å²) in [6.07, 6.45) is 1.29. The monoisotopic (exact) mass is 315 g/mol. The van der Waals surface area contributed by atoms with Crippen molar-refractivity contribution in [2.24, 2.45) is 5.73 Å². The molecular weight excluding hydrogens is 298 g/mol. The Morgan fingerprint density at radius 1 is 1.40 bits per heavy atom. The molecule has 0 aliphatic heterocycles. The Labute approximate surface area is 124 Å². The molecule has 0 saturated carbocycles. The van der Waals surface area contributed by atoms with Gasteiger partial charge in [-0.25, -0.2) is 13.1 Å². The molecule has 1 rings (SSSR count).